The van der Waals surface area contributed by atoms with Gasteiger partial charge in [0, 0.05) is 36.1 Å². The Kier molecular flexibility index (Phi) is 6.33. The van der Waals surface area contributed by atoms with Gasteiger partial charge in [-0.3, -0.25) is 4.79 Å². The fourth-order valence-electron chi connectivity index (χ4n) is 3.66. The molecule has 6 heteroatoms. The number of hydrogen-bond donors (Lipinski definition) is 1. The number of carbonyl (C=O) groups excluding carboxylic acids is 1. The van der Waals surface area contributed by atoms with Gasteiger partial charge in [0.15, 0.2) is 5.82 Å². The van der Waals surface area contributed by atoms with Crippen molar-refractivity contribution in [1.82, 2.24) is 9.97 Å². The van der Waals surface area contributed by atoms with Gasteiger partial charge in [0.1, 0.15) is 5.03 Å². The van der Waals surface area contributed by atoms with Crippen LogP contribution in [-0.4, -0.2) is 29.0 Å². The minimum atomic E-state index is -0.0705. The summed E-state index contributed by atoms with van der Waals surface area (Å²) >= 11 is 1.62. The molecule has 5 nitrogen and oxygen atoms in total. The zero-order valence-corrected chi connectivity index (χ0v) is 18.2. The van der Waals surface area contributed by atoms with Crippen LogP contribution in [0.25, 0.3) is 0 Å². The average molecular weight is 419 g/mol. The SMILES string of the molecule is Cc1ccc(NC(=O)[C@H]2CCCN(c3nccnc3Sc3cccc(C)c3)C2)cc1. The largest absolute Gasteiger partial charge is 0.354 e. The summed E-state index contributed by atoms with van der Waals surface area (Å²) in [7, 11) is 0. The highest BCUT2D eigenvalue weighted by Crippen LogP contribution is 2.34. The van der Waals surface area contributed by atoms with Crippen LogP contribution in [-0.2, 0) is 4.79 Å². The van der Waals surface area contributed by atoms with E-state index in [1.54, 1.807) is 24.2 Å². The molecule has 1 aliphatic heterocycles. The van der Waals surface area contributed by atoms with Crippen molar-refractivity contribution in [2.75, 3.05) is 23.3 Å². The Bertz CT molecular complexity index is 1020. The predicted octanol–water partition coefficient (Wildman–Crippen LogP) is 5.10. The third kappa shape index (κ3) is 5.00. The summed E-state index contributed by atoms with van der Waals surface area (Å²) in [5.41, 5.74) is 3.24. The molecule has 0 spiro atoms. The number of hydrogen-bond acceptors (Lipinski definition) is 5. The summed E-state index contributed by atoms with van der Waals surface area (Å²) in [6.07, 6.45) is 5.30. The van der Waals surface area contributed by atoms with Crippen LogP contribution in [0.4, 0.5) is 11.5 Å². The van der Waals surface area contributed by atoms with Crippen LogP contribution in [0.15, 0.2) is 70.8 Å². The van der Waals surface area contributed by atoms with E-state index in [2.05, 4.69) is 51.4 Å². The van der Waals surface area contributed by atoms with E-state index in [4.69, 9.17) is 0 Å². The summed E-state index contributed by atoms with van der Waals surface area (Å²) in [6.45, 7) is 5.66. The van der Waals surface area contributed by atoms with Gasteiger partial charge in [-0.2, -0.15) is 0 Å². The molecule has 0 unspecified atom stereocenters. The van der Waals surface area contributed by atoms with Crippen LogP contribution in [0.3, 0.4) is 0 Å². The van der Waals surface area contributed by atoms with Crippen LogP contribution < -0.4 is 10.2 Å². The van der Waals surface area contributed by atoms with E-state index >= 15 is 0 Å². The molecule has 154 valence electrons. The number of piperidine rings is 1. The first kappa shape index (κ1) is 20.4. The Morgan fingerprint density at radius 3 is 2.67 bits per heavy atom. The Morgan fingerprint density at radius 1 is 1.07 bits per heavy atom. The average Bonchev–Trinajstić information content (AvgIpc) is 2.76. The lowest BCUT2D eigenvalue weighted by molar-refractivity contribution is -0.120. The van der Waals surface area contributed by atoms with Gasteiger partial charge in [0.05, 0.1) is 5.92 Å². The lowest BCUT2D eigenvalue weighted by Gasteiger charge is -2.33. The third-order valence-corrected chi connectivity index (χ3v) is 6.23. The standard InChI is InChI=1S/C24H26N4OS/c1-17-8-10-20(11-9-17)27-23(29)19-6-4-14-28(16-19)22-24(26-13-12-25-22)30-21-7-3-5-18(2)15-21/h3,5,7-13,15,19H,4,6,14,16H2,1-2H3,(H,27,29)/t19-/m0/s1. The predicted molar refractivity (Wildman–Crippen MR) is 122 cm³/mol. The maximum Gasteiger partial charge on any atom is 0.229 e. The van der Waals surface area contributed by atoms with E-state index in [-0.39, 0.29) is 11.8 Å². The number of benzene rings is 2. The van der Waals surface area contributed by atoms with Gasteiger partial charge >= 0.3 is 0 Å². The number of rotatable bonds is 5. The van der Waals surface area contributed by atoms with E-state index in [1.807, 2.05) is 31.2 Å². The number of anilines is 2. The smallest absolute Gasteiger partial charge is 0.229 e. The summed E-state index contributed by atoms with van der Waals surface area (Å²) in [5.74, 6) is 0.857. The van der Waals surface area contributed by atoms with E-state index in [1.165, 1.54) is 11.1 Å². The van der Waals surface area contributed by atoms with Crippen LogP contribution in [0.2, 0.25) is 0 Å². The molecule has 1 atom stereocenters. The molecule has 0 aliphatic carbocycles. The van der Waals surface area contributed by atoms with Crippen molar-refractivity contribution in [3.8, 4) is 0 Å². The fourth-order valence-corrected chi connectivity index (χ4v) is 4.66. The molecule has 4 rings (SSSR count). The van der Waals surface area contributed by atoms with Gasteiger partial charge in [-0.15, -0.1) is 0 Å². The molecule has 30 heavy (non-hydrogen) atoms. The van der Waals surface area contributed by atoms with E-state index < -0.39 is 0 Å². The van der Waals surface area contributed by atoms with Gasteiger partial charge in [-0.1, -0.05) is 47.2 Å². The number of amides is 1. The Morgan fingerprint density at radius 2 is 1.87 bits per heavy atom. The second kappa shape index (κ2) is 9.30. The Hall–Kier alpha value is -2.86. The van der Waals surface area contributed by atoms with Crippen molar-refractivity contribution in [2.45, 2.75) is 36.6 Å². The second-order valence-electron chi connectivity index (χ2n) is 7.74. The number of nitrogens with zero attached hydrogens (tertiary/aromatic N) is 3. The lowest BCUT2D eigenvalue weighted by atomic mass is 9.97. The van der Waals surface area contributed by atoms with Crippen LogP contribution in [0.1, 0.15) is 24.0 Å². The second-order valence-corrected chi connectivity index (χ2v) is 8.81. The molecule has 1 N–H and O–H groups in total. The van der Waals surface area contributed by atoms with Crippen molar-refractivity contribution in [2.24, 2.45) is 5.92 Å². The number of carbonyl (C=O) groups is 1. The molecule has 1 fully saturated rings. The zero-order valence-electron chi connectivity index (χ0n) is 17.3. The Labute approximate surface area is 181 Å². The van der Waals surface area contributed by atoms with Gasteiger partial charge in [0.2, 0.25) is 5.91 Å². The molecular formula is C24H26N4OS. The lowest BCUT2D eigenvalue weighted by Crippen LogP contribution is -2.41. The maximum absolute atomic E-state index is 12.9. The maximum atomic E-state index is 12.9. The molecule has 0 radical (unpaired) electrons. The molecule has 0 bridgehead atoms. The molecular weight excluding hydrogens is 392 g/mol. The minimum absolute atomic E-state index is 0.0698. The molecule has 1 saturated heterocycles. The summed E-state index contributed by atoms with van der Waals surface area (Å²) in [5, 5.41) is 3.94. The molecule has 1 aliphatic rings. The summed E-state index contributed by atoms with van der Waals surface area (Å²) < 4.78 is 0. The monoisotopic (exact) mass is 418 g/mol. The first-order valence-electron chi connectivity index (χ1n) is 10.3. The highest BCUT2D eigenvalue weighted by atomic mass is 32.2. The van der Waals surface area contributed by atoms with Crippen molar-refractivity contribution >= 4 is 29.2 Å². The highest BCUT2D eigenvalue weighted by Gasteiger charge is 2.28. The molecule has 0 saturated carbocycles. The van der Waals surface area contributed by atoms with Crippen LogP contribution in [0.5, 0.6) is 0 Å². The Balaban J connectivity index is 1.48. The zero-order chi connectivity index (χ0) is 20.9. The summed E-state index contributed by atoms with van der Waals surface area (Å²) in [4.78, 5) is 25.4. The third-order valence-electron chi connectivity index (χ3n) is 5.26. The van der Waals surface area contributed by atoms with Crippen LogP contribution >= 0.6 is 11.8 Å². The normalized spacial score (nSPS) is 16.3. The molecule has 2 heterocycles. The van der Waals surface area contributed by atoms with E-state index in [9.17, 15) is 4.79 Å². The fraction of sp³-hybridized carbons (Fsp3) is 0.292. The van der Waals surface area contributed by atoms with Gasteiger partial charge in [-0.25, -0.2) is 9.97 Å². The first-order chi connectivity index (χ1) is 14.6. The number of nitrogens with one attached hydrogen (secondary N) is 1. The molecule has 1 amide bonds. The summed E-state index contributed by atoms with van der Waals surface area (Å²) in [6, 6.07) is 16.3. The van der Waals surface area contributed by atoms with E-state index in [0.29, 0.717) is 6.54 Å². The molecule has 2 aromatic carbocycles. The van der Waals surface area contributed by atoms with Gasteiger partial charge < -0.3 is 10.2 Å². The molecule has 3 aromatic rings. The van der Waals surface area contributed by atoms with Crippen LogP contribution in [0, 0.1) is 19.8 Å². The van der Waals surface area contributed by atoms with E-state index in [0.717, 1.165) is 40.8 Å². The number of aryl methyl sites for hydroxylation is 2. The number of aromatic nitrogens is 2. The quantitative estimate of drug-likeness (QED) is 0.625. The molecule has 1 aromatic heterocycles. The minimum Gasteiger partial charge on any atom is -0.354 e. The van der Waals surface area contributed by atoms with Crippen molar-refractivity contribution in [3.63, 3.8) is 0 Å². The highest BCUT2D eigenvalue weighted by molar-refractivity contribution is 7.99. The van der Waals surface area contributed by atoms with Crippen molar-refractivity contribution in [1.29, 1.82) is 0 Å². The first-order valence-corrected chi connectivity index (χ1v) is 11.1. The topological polar surface area (TPSA) is 58.1 Å². The van der Waals surface area contributed by atoms with Crippen molar-refractivity contribution < 1.29 is 4.79 Å². The van der Waals surface area contributed by atoms with Gasteiger partial charge in [-0.05, 0) is 51.0 Å². The van der Waals surface area contributed by atoms with Gasteiger partial charge in [0.25, 0.3) is 0 Å². The van der Waals surface area contributed by atoms with Crippen molar-refractivity contribution in [3.05, 3.63) is 72.1 Å².